The average Bonchev–Trinajstić information content (AvgIpc) is 2.26. The van der Waals surface area contributed by atoms with Gasteiger partial charge in [-0.05, 0) is 12.1 Å². The molecule has 8 heteroatoms. The molecule has 0 saturated heterocycles. The zero-order valence-corrected chi connectivity index (χ0v) is 10.5. The highest BCUT2D eigenvalue weighted by Crippen LogP contribution is 2.15. The van der Waals surface area contributed by atoms with Gasteiger partial charge in [0.1, 0.15) is 0 Å². The van der Waals surface area contributed by atoms with Crippen LogP contribution in [0.1, 0.15) is 0 Å². The monoisotopic (exact) mass is 308 g/mol. The highest BCUT2D eigenvalue weighted by molar-refractivity contribution is 9.09. The van der Waals surface area contributed by atoms with E-state index in [4.69, 9.17) is 0 Å². The highest BCUT2D eigenvalue weighted by atomic mass is 79.9. The minimum atomic E-state index is -3.57. The van der Waals surface area contributed by atoms with Crippen LogP contribution >= 0.6 is 15.9 Å². The Hall–Kier alpha value is -0.990. The van der Waals surface area contributed by atoms with Gasteiger partial charge in [0.25, 0.3) is 5.69 Å². The van der Waals surface area contributed by atoms with Gasteiger partial charge in [0.2, 0.25) is 10.0 Å². The fourth-order valence-electron chi connectivity index (χ4n) is 1.00. The SMILES string of the molecule is O=[N+]([O-])c1ccc(S(=O)(=O)NCCBr)cc1. The molecule has 0 radical (unpaired) electrons. The second-order valence-electron chi connectivity index (χ2n) is 2.84. The van der Waals surface area contributed by atoms with Crippen molar-refractivity contribution in [1.29, 1.82) is 0 Å². The number of hydrogen-bond donors (Lipinski definition) is 1. The number of non-ortho nitro benzene ring substituents is 1. The second-order valence-corrected chi connectivity index (χ2v) is 5.40. The van der Waals surface area contributed by atoms with E-state index in [0.717, 1.165) is 12.1 Å². The standard InChI is InChI=1S/C8H9BrN2O4S/c9-5-6-10-16(14,15)8-3-1-7(2-4-8)11(12)13/h1-4,10H,5-6H2. The number of sulfonamides is 1. The van der Waals surface area contributed by atoms with Gasteiger partial charge < -0.3 is 0 Å². The summed E-state index contributed by atoms with van der Waals surface area (Å²) in [6.45, 7) is 0.263. The van der Waals surface area contributed by atoms with Gasteiger partial charge in [-0.25, -0.2) is 13.1 Å². The summed E-state index contributed by atoms with van der Waals surface area (Å²) in [5, 5.41) is 10.9. The number of rotatable bonds is 5. The largest absolute Gasteiger partial charge is 0.269 e. The van der Waals surface area contributed by atoms with Crippen molar-refractivity contribution in [2.75, 3.05) is 11.9 Å². The minimum Gasteiger partial charge on any atom is -0.258 e. The highest BCUT2D eigenvalue weighted by Gasteiger charge is 2.14. The Bertz CT molecular complexity index is 471. The summed E-state index contributed by atoms with van der Waals surface area (Å²) >= 11 is 3.09. The molecule has 0 atom stereocenters. The molecule has 1 aromatic rings. The second kappa shape index (κ2) is 5.37. The van der Waals surface area contributed by atoms with Gasteiger partial charge >= 0.3 is 0 Å². The predicted molar refractivity (Wildman–Crippen MR) is 62.1 cm³/mol. The first kappa shape index (κ1) is 13.1. The van der Waals surface area contributed by atoms with Crippen LogP contribution < -0.4 is 4.72 Å². The molecule has 0 amide bonds. The fraction of sp³-hybridized carbons (Fsp3) is 0.250. The maximum atomic E-state index is 11.6. The Kier molecular flexibility index (Phi) is 4.39. The van der Waals surface area contributed by atoms with Gasteiger partial charge in [0.05, 0.1) is 9.82 Å². The number of nitro groups is 1. The van der Waals surface area contributed by atoms with Crippen molar-refractivity contribution >= 4 is 31.6 Å². The first-order chi connectivity index (χ1) is 7.47. The van der Waals surface area contributed by atoms with Crippen molar-refractivity contribution in [2.45, 2.75) is 4.90 Å². The normalized spacial score (nSPS) is 11.3. The molecule has 0 aliphatic carbocycles. The molecule has 0 aromatic heterocycles. The number of halogens is 1. The van der Waals surface area contributed by atoms with Crippen LogP contribution in [0.15, 0.2) is 29.2 Å². The molecule has 1 rings (SSSR count). The summed E-state index contributed by atoms with van der Waals surface area (Å²) < 4.78 is 25.5. The van der Waals surface area contributed by atoms with Crippen LogP contribution in [-0.2, 0) is 10.0 Å². The molecule has 1 N–H and O–H groups in total. The zero-order valence-electron chi connectivity index (χ0n) is 8.09. The lowest BCUT2D eigenvalue weighted by Crippen LogP contribution is -2.25. The smallest absolute Gasteiger partial charge is 0.258 e. The van der Waals surface area contributed by atoms with Crippen molar-refractivity contribution in [1.82, 2.24) is 4.72 Å². The molecular weight excluding hydrogens is 300 g/mol. The molecule has 0 heterocycles. The molecule has 16 heavy (non-hydrogen) atoms. The molecule has 0 spiro atoms. The van der Waals surface area contributed by atoms with E-state index in [-0.39, 0.29) is 17.1 Å². The molecule has 0 saturated carbocycles. The van der Waals surface area contributed by atoms with E-state index in [1.54, 1.807) is 0 Å². The minimum absolute atomic E-state index is 0.0130. The molecule has 0 aliphatic rings. The Morgan fingerprint density at radius 1 is 1.31 bits per heavy atom. The van der Waals surface area contributed by atoms with E-state index < -0.39 is 14.9 Å². The topological polar surface area (TPSA) is 89.3 Å². The first-order valence-electron chi connectivity index (χ1n) is 4.27. The summed E-state index contributed by atoms with van der Waals surface area (Å²) in [4.78, 5) is 9.80. The quantitative estimate of drug-likeness (QED) is 0.504. The van der Waals surface area contributed by atoms with Crippen LogP contribution in [0.25, 0.3) is 0 Å². The number of nitrogens with zero attached hydrogens (tertiary/aromatic N) is 1. The number of benzene rings is 1. The van der Waals surface area contributed by atoms with Gasteiger partial charge in [-0.1, -0.05) is 15.9 Å². The van der Waals surface area contributed by atoms with E-state index in [1.165, 1.54) is 12.1 Å². The van der Waals surface area contributed by atoms with Crippen LogP contribution in [-0.4, -0.2) is 25.2 Å². The fourth-order valence-corrected chi connectivity index (χ4v) is 2.50. The number of hydrogen-bond acceptors (Lipinski definition) is 4. The zero-order chi connectivity index (χ0) is 12.2. The Balaban J connectivity index is 2.93. The molecule has 0 fully saturated rings. The maximum absolute atomic E-state index is 11.6. The molecule has 0 unspecified atom stereocenters. The first-order valence-corrected chi connectivity index (χ1v) is 6.88. The van der Waals surface area contributed by atoms with E-state index in [9.17, 15) is 18.5 Å². The van der Waals surface area contributed by atoms with Crippen molar-refractivity contribution in [3.63, 3.8) is 0 Å². The lowest BCUT2D eigenvalue weighted by atomic mass is 10.3. The van der Waals surface area contributed by atoms with E-state index in [1.807, 2.05) is 0 Å². The van der Waals surface area contributed by atoms with Gasteiger partial charge in [-0.2, -0.15) is 0 Å². The predicted octanol–water partition coefficient (Wildman–Crippen LogP) is 1.27. The maximum Gasteiger partial charge on any atom is 0.269 e. The van der Waals surface area contributed by atoms with Crippen molar-refractivity contribution < 1.29 is 13.3 Å². The summed E-state index contributed by atoms with van der Waals surface area (Å²) in [5.41, 5.74) is -0.139. The van der Waals surface area contributed by atoms with Gasteiger partial charge in [0.15, 0.2) is 0 Å². The van der Waals surface area contributed by atoms with Crippen molar-refractivity contribution in [2.24, 2.45) is 0 Å². The Morgan fingerprint density at radius 2 is 1.88 bits per heavy atom. The Labute approximate surface area is 101 Å². The van der Waals surface area contributed by atoms with Crippen LogP contribution in [0.3, 0.4) is 0 Å². The molecule has 88 valence electrons. The van der Waals surface area contributed by atoms with Gasteiger partial charge in [0, 0.05) is 24.0 Å². The molecule has 0 aliphatic heterocycles. The summed E-state index contributed by atoms with van der Waals surface area (Å²) in [5.74, 6) is 0. The third-order valence-corrected chi connectivity index (χ3v) is 3.62. The van der Waals surface area contributed by atoms with E-state index >= 15 is 0 Å². The third-order valence-electron chi connectivity index (χ3n) is 1.74. The summed E-state index contributed by atoms with van der Waals surface area (Å²) in [7, 11) is -3.57. The molecule has 1 aromatic carbocycles. The Morgan fingerprint density at radius 3 is 2.31 bits per heavy atom. The third kappa shape index (κ3) is 3.26. The molecule has 6 nitrogen and oxygen atoms in total. The van der Waals surface area contributed by atoms with Gasteiger partial charge in [-0.15, -0.1) is 0 Å². The average molecular weight is 309 g/mol. The van der Waals surface area contributed by atoms with Crippen LogP contribution in [0.5, 0.6) is 0 Å². The number of nitro benzene ring substituents is 1. The summed E-state index contributed by atoms with van der Waals surface area (Å²) in [6, 6.07) is 4.72. The molecule has 0 bridgehead atoms. The lowest BCUT2D eigenvalue weighted by molar-refractivity contribution is -0.384. The van der Waals surface area contributed by atoms with E-state index in [2.05, 4.69) is 20.7 Å². The van der Waals surface area contributed by atoms with Gasteiger partial charge in [-0.3, -0.25) is 10.1 Å². The van der Waals surface area contributed by atoms with E-state index in [0.29, 0.717) is 5.33 Å². The van der Waals surface area contributed by atoms with Crippen LogP contribution in [0, 0.1) is 10.1 Å². The van der Waals surface area contributed by atoms with Crippen molar-refractivity contribution in [3.8, 4) is 0 Å². The summed E-state index contributed by atoms with van der Waals surface area (Å²) in [6.07, 6.45) is 0. The van der Waals surface area contributed by atoms with Crippen molar-refractivity contribution in [3.05, 3.63) is 34.4 Å². The number of nitrogens with one attached hydrogen (secondary N) is 1. The molecular formula is C8H9BrN2O4S. The number of alkyl halides is 1. The van der Waals surface area contributed by atoms with Crippen LogP contribution in [0.4, 0.5) is 5.69 Å². The van der Waals surface area contributed by atoms with Crippen LogP contribution in [0.2, 0.25) is 0 Å². The lowest BCUT2D eigenvalue weighted by Gasteiger charge is -2.04.